The zero-order valence-corrected chi connectivity index (χ0v) is 23.5. The van der Waals surface area contributed by atoms with Gasteiger partial charge in [0.15, 0.2) is 0 Å². The maximum atomic E-state index is 15.5. The van der Waals surface area contributed by atoms with Crippen LogP contribution in [0.15, 0.2) is 59.6 Å². The SMILES string of the molecule is CNCc1cc(-c2ccc(OC(C)C3CCOCC3)cc2F)n(S(=O)(=O)c2cccc(OCCCOC)c2)c1. The summed E-state index contributed by atoms with van der Waals surface area (Å²) in [5.41, 5.74) is 1.10. The molecule has 0 aliphatic carbocycles. The highest BCUT2D eigenvalue weighted by molar-refractivity contribution is 7.90. The van der Waals surface area contributed by atoms with Crippen LogP contribution in [0.4, 0.5) is 4.39 Å². The van der Waals surface area contributed by atoms with Gasteiger partial charge < -0.3 is 24.3 Å². The Kier molecular flexibility index (Phi) is 10.0. The second kappa shape index (κ2) is 13.4. The van der Waals surface area contributed by atoms with Crippen LogP contribution in [0.1, 0.15) is 31.7 Å². The van der Waals surface area contributed by atoms with Crippen molar-refractivity contribution in [3.05, 3.63) is 66.1 Å². The average molecular weight is 561 g/mol. The quantitative estimate of drug-likeness (QED) is 0.299. The molecule has 1 aliphatic rings. The highest BCUT2D eigenvalue weighted by atomic mass is 32.2. The monoisotopic (exact) mass is 560 g/mol. The Labute approximate surface area is 230 Å². The Morgan fingerprint density at radius 2 is 1.90 bits per heavy atom. The molecule has 10 heteroatoms. The lowest BCUT2D eigenvalue weighted by Gasteiger charge is -2.28. The summed E-state index contributed by atoms with van der Waals surface area (Å²) in [6.07, 6.45) is 3.91. The number of benzene rings is 2. The van der Waals surface area contributed by atoms with Crippen molar-refractivity contribution < 1.29 is 31.8 Å². The topological polar surface area (TPSA) is 88.0 Å². The third-order valence-corrected chi connectivity index (χ3v) is 8.49. The number of hydrogen-bond acceptors (Lipinski definition) is 7. The van der Waals surface area contributed by atoms with Crippen LogP contribution in [0, 0.1) is 11.7 Å². The van der Waals surface area contributed by atoms with Crippen LogP contribution in [0.3, 0.4) is 0 Å². The van der Waals surface area contributed by atoms with Gasteiger partial charge in [0.2, 0.25) is 0 Å². The molecule has 2 aromatic carbocycles. The molecule has 0 radical (unpaired) electrons. The van der Waals surface area contributed by atoms with E-state index in [1.807, 2.05) is 6.92 Å². The molecule has 1 aliphatic heterocycles. The predicted octanol–water partition coefficient (Wildman–Crippen LogP) is 4.86. The van der Waals surface area contributed by atoms with Gasteiger partial charge in [-0.05, 0) is 68.6 Å². The van der Waals surface area contributed by atoms with Crippen LogP contribution in [-0.4, -0.2) is 59.1 Å². The molecule has 2 heterocycles. The van der Waals surface area contributed by atoms with Gasteiger partial charge in [-0.2, -0.15) is 0 Å². The Morgan fingerprint density at radius 1 is 1.10 bits per heavy atom. The van der Waals surface area contributed by atoms with E-state index in [-0.39, 0.29) is 22.3 Å². The minimum atomic E-state index is -4.06. The van der Waals surface area contributed by atoms with E-state index in [0.717, 1.165) is 16.8 Å². The van der Waals surface area contributed by atoms with E-state index in [1.54, 1.807) is 44.5 Å². The Hall–Kier alpha value is -2.92. The minimum absolute atomic E-state index is 0.0465. The van der Waals surface area contributed by atoms with Gasteiger partial charge in [-0.25, -0.2) is 16.8 Å². The summed E-state index contributed by atoms with van der Waals surface area (Å²) in [7, 11) is -0.680. The fourth-order valence-corrected chi connectivity index (χ4v) is 6.12. The van der Waals surface area contributed by atoms with Crippen molar-refractivity contribution in [2.75, 3.05) is 40.6 Å². The summed E-state index contributed by atoms with van der Waals surface area (Å²) in [5, 5.41) is 3.03. The molecule has 1 N–H and O–H groups in total. The number of hydrogen-bond donors (Lipinski definition) is 1. The van der Waals surface area contributed by atoms with Crippen LogP contribution < -0.4 is 14.8 Å². The van der Waals surface area contributed by atoms with Crippen molar-refractivity contribution in [3.8, 4) is 22.8 Å². The molecule has 1 unspecified atom stereocenters. The van der Waals surface area contributed by atoms with Gasteiger partial charge in [0.25, 0.3) is 10.0 Å². The maximum absolute atomic E-state index is 15.5. The van der Waals surface area contributed by atoms with Crippen LogP contribution in [0.2, 0.25) is 0 Å². The van der Waals surface area contributed by atoms with Gasteiger partial charge in [0.05, 0.1) is 23.3 Å². The zero-order valence-electron chi connectivity index (χ0n) is 22.7. The fourth-order valence-electron chi connectivity index (χ4n) is 4.70. The highest BCUT2D eigenvalue weighted by Gasteiger charge is 2.25. The summed E-state index contributed by atoms with van der Waals surface area (Å²) in [6.45, 7) is 4.75. The first-order valence-corrected chi connectivity index (χ1v) is 14.6. The number of rotatable bonds is 13. The molecule has 4 rings (SSSR count). The first-order valence-electron chi connectivity index (χ1n) is 13.2. The van der Waals surface area contributed by atoms with E-state index in [9.17, 15) is 8.42 Å². The van der Waals surface area contributed by atoms with Gasteiger partial charge in [0.1, 0.15) is 17.3 Å². The number of nitrogens with zero attached hydrogens (tertiary/aromatic N) is 1. The molecule has 0 bridgehead atoms. The molecule has 0 spiro atoms. The van der Waals surface area contributed by atoms with E-state index < -0.39 is 15.8 Å². The third-order valence-electron chi connectivity index (χ3n) is 6.82. The summed E-state index contributed by atoms with van der Waals surface area (Å²) in [5.74, 6) is 0.618. The molecule has 212 valence electrons. The molecule has 0 amide bonds. The van der Waals surface area contributed by atoms with Crippen LogP contribution >= 0.6 is 0 Å². The largest absolute Gasteiger partial charge is 0.493 e. The number of ether oxygens (including phenoxy) is 4. The van der Waals surface area contributed by atoms with Crippen LogP contribution in [-0.2, 0) is 26.0 Å². The highest BCUT2D eigenvalue weighted by Crippen LogP contribution is 2.33. The maximum Gasteiger partial charge on any atom is 0.268 e. The van der Waals surface area contributed by atoms with Crippen molar-refractivity contribution >= 4 is 10.0 Å². The second-order valence-corrected chi connectivity index (χ2v) is 11.5. The van der Waals surface area contributed by atoms with E-state index in [1.165, 1.54) is 24.4 Å². The molecule has 1 fully saturated rings. The van der Waals surface area contributed by atoms with Crippen molar-refractivity contribution in [1.82, 2.24) is 9.29 Å². The van der Waals surface area contributed by atoms with Gasteiger partial charge in [-0.15, -0.1) is 0 Å². The molecule has 3 aromatic rings. The standard InChI is InChI=1S/C29H37FN2O6S/c1-21(23-10-14-36-15-11-23)38-25-8-9-27(28(30)18-25)29-16-22(19-31-2)20-32(29)39(33,34)26-7-4-6-24(17-26)37-13-5-12-35-3/h4,6-9,16-18,20-21,23,31H,5,10-15,19H2,1-3H3. The average Bonchev–Trinajstić information content (AvgIpc) is 3.36. The number of methoxy groups -OCH3 is 1. The van der Waals surface area contributed by atoms with E-state index in [2.05, 4.69) is 5.32 Å². The number of aromatic nitrogens is 1. The summed E-state index contributed by atoms with van der Waals surface area (Å²) < 4.78 is 66.4. The first kappa shape index (κ1) is 29.1. The first-order chi connectivity index (χ1) is 18.8. The molecule has 0 saturated carbocycles. The van der Waals surface area contributed by atoms with Crippen molar-refractivity contribution in [1.29, 1.82) is 0 Å². The summed E-state index contributed by atoms with van der Waals surface area (Å²) >= 11 is 0. The zero-order chi connectivity index (χ0) is 27.8. The van der Waals surface area contributed by atoms with Crippen molar-refractivity contribution in [3.63, 3.8) is 0 Å². The fraction of sp³-hybridized carbons (Fsp3) is 0.448. The van der Waals surface area contributed by atoms with E-state index >= 15 is 4.39 Å². The van der Waals surface area contributed by atoms with Gasteiger partial charge in [0, 0.05) is 63.8 Å². The Balaban J connectivity index is 1.62. The molecular weight excluding hydrogens is 523 g/mol. The van der Waals surface area contributed by atoms with Crippen LogP contribution in [0.5, 0.6) is 11.5 Å². The van der Waals surface area contributed by atoms with Gasteiger partial charge >= 0.3 is 0 Å². The van der Waals surface area contributed by atoms with E-state index in [4.69, 9.17) is 18.9 Å². The third kappa shape index (κ3) is 7.19. The molecule has 1 atom stereocenters. The van der Waals surface area contributed by atoms with E-state index in [0.29, 0.717) is 62.4 Å². The Bertz CT molecular complexity index is 1340. The lowest BCUT2D eigenvalue weighted by molar-refractivity contribution is 0.0238. The lowest BCUT2D eigenvalue weighted by Crippen LogP contribution is -2.29. The number of nitrogens with one attached hydrogen (secondary N) is 1. The summed E-state index contributed by atoms with van der Waals surface area (Å²) in [6, 6.07) is 12.6. The Morgan fingerprint density at radius 3 is 2.62 bits per heavy atom. The summed E-state index contributed by atoms with van der Waals surface area (Å²) in [4.78, 5) is 0.0465. The van der Waals surface area contributed by atoms with Crippen molar-refractivity contribution in [2.24, 2.45) is 5.92 Å². The molecule has 39 heavy (non-hydrogen) atoms. The predicted molar refractivity (Wildman–Crippen MR) is 147 cm³/mol. The van der Waals surface area contributed by atoms with Gasteiger partial charge in [-0.3, -0.25) is 0 Å². The normalized spacial score (nSPS) is 15.3. The van der Waals surface area contributed by atoms with Crippen LogP contribution in [0.25, 0.3) is 11.3 Å². The minimum Gasteiger partial charge on any atom is -0.493 e. The number of halogens is 1. The molecular formula is C29H37FN2O6S. The lowest BCUT2D eigenvalue weighted by atomic mass is 9.95. The molecule has 8 nitrogen and oxygen atoms in total. The van der Waals surface area contributed by atoms with Gasteiger partial charge in [-0.1, -0.05) is 6.07 Å². The molecule has 1 aromatic heterocycles. The smallest absolute Gasteiger partial charge is 0.268 e. The molecule has 1 saturated heterocycles. The second-order valence-electron chi connectivity index (χ2n) is 9.65. The van der Waals surface area contributed by atoms with Crippen molar-refractivity contribution in [2.45, 2.75) is 43.7 Å².